The summed E-state index contributed by atoms with van der Waals surface area (Å²) in [5.74, 6) is 1.23. The van der Waals surface area contributed by atoms with Gasteiger partial charge in [0, 0.05) is 11.4 Å². The summed E-state index contributed by atoms with van der Waals surface area (Å²) in [5, 5.41) is 22.2. The standard InChI is InChI=1S/C23H37BO4/c1-20-9-8-15(25)12-14(20)4-5-16-17-6-7-18(22(3)27-10-11-28-22)21(17,2)13-23(24,26)19(16)20/h4,15-19,25-26H,5-13,24H2,1-3H3/t15?,16?,17?,18?,19?,20?,21?,23-/m0/s1. The molecule has 156 valence electrons. The highest BCUT2D eigenvalue weighted by molar-refractivity contribution is 6.14. The van der Waals surface area contributed by atoms with Gasteiger partial charge in [0.2, 0.25) is 0 Å². The minimum Gasteiger partial charge on any atom is -0.399 e. The van der Waals surface area contributed by atoms with Crippen LogP contribution >= 0.6 is 0 Å². The van der Waals surface area contributed by atoms with E-state index in [1.165, 1.54) is 12.0 Å². The summed E-state index contributed by atoms with van der Waals surface area (Å²) in [6.07, 6.45) is 9.08. The van der Waals surface area contributed by atoms with Gasteiger partial charge in [0.15, 0.2) is 5.79 Å². The van der Waals surface area contributed by atoms with Crippen LogP contribution in [0.4, 0.5) is 0 Å². The Morgan fingerprint density at radius 3 is 2.54 bits per heavy atom. The Morgan fingerprint density at radius 1 is 1.11 bits per heavy atom. The minimum absolute atomic E-state index is 0.0231. The number of hydrogen-bond donors (Lipinski definition) is 2. The van der Waals surface area contributed by atoms with Crippen LogP contribution in [0.25, 0.3) is 0 Å². The second-order valence-corrected chi connectivity index (χ2v) is 11.4. The molecule has 4 fully saturated rings. The van der Waals surface area contributed by atoms with Gasteiger partial charge < -0.3 is 19.7 Å². The third-order valence-electron chi connectivity index (χ3n) is 9.77. The number of fused-ring (bicyclic) bond motifs is 5. The zero-order chi connectivity index (χ0) is 19.9. The number of hydrogen-bond acceptors (Lipinski definition) is 4. The van der Waals surface area contributed by atoms with Crippen LogP contribution < -0.4 is 0 Å². The normalized spacial score (nSPS) is 55.2. The summed E-state index contributed by atoms with van der Waals surface area (Å²) in [6.45, 7) is 8.27. The molecule has 7 unspecified atom stereocenters. The van der Waals surface area contributed by atoms with E-state index in [2.05, 4.69) is 34.7 Å². The molecule has 5 heteroatoms. The van der Waals surface area contributed by atoms with E-state index < -0.39 is 11.3 Å². The van der Waals surface area contributed by atoms with Crippen molar-refractivity contribution in [3.8, 4) is 0 Å². The molecule has 1 heterocycles. The summed E-state index contributed by atoms with van der Waals surface area (Å²) < 4.78 is 12.2. The lowest BCUT2D eigenvalue weighted by Crippen LogP contribution is -2.64. The fraction of sp³-hybridized carbons (Fsp3) is 0.913. The number of aliphatic hydroxyl groups excluding tert-OH is 1. The fourth-order valence-electron chi connectivity index (χ4n) is 9.01. The van der Waals surface area contributed by atoms with Gasteiger partial charge in [0.05, 0.1) is 19.3 Å². The molecule has 5 aliphatic rings. The van der Waals surface area contributed by atoms with Gasteiger partial charge in [-0.15, -0.1) is 0 Å². The Hall–Kier alpha value is -0.355. The summed E-state index contributed by atoms with van der Waals surface area (Å²) in [5.41, 5.74) is 0.763. The van der Waals surface area contributed by atoms with Gasteiger partial charge in [-0.2, -0.15) is 0 Å². The van der Waals surface area contributed by atoms with Gasteiger partial charge in [-0.25, -0.2) is 0 Å². The van der Waals surface area contributed by atoms with Crippen LogP contribution in [-0.2, 0) is 9.47 Å². The van der Waals surface area contributed by atoms with Crippen molar-refractivity contribution in [1.29, 1.82) is 0 Å². The predicted molar refractivity (Wildman–Crippen MR) is 110 cm³/mol. The lowest BCUT2D eigenvalue weighted by Gasteiger charge is -2.64. The Labute approximate surface area is 170 Å². The molecule has 0 amide bonds. The molecule has 0 aromatic heterocycles. The number of ether oxygens (including phenoxy) is 2. The molecule has 2 N–H and O–H groups in total. The van der Waals surface area contributed by atoms with Crippen LogP contribution in [0.5, 0.6) is 0 Å². The van der Waals surface area contributed by atoms with Crippen LogP contribution in [0.3, 0.4) is 0 Å². The maximum atomic E-state index is 11.9. The fourth-order valence-corrected chi connectivity index (χ4v) is 9.01. The second-order valence-electron chi connectivity index (χ2n) is 11.4. The second kappa shape index (κ2) is 6.09. The van der Waals surface area contributed by atoms with Crippen molar-refractivity contribution in [3.63, 3.8) is 0 Å². The number of rotatable bonds is 1. The van der Waals surface area contributed by atoms with E-state index in [9.17, 15) is 10.2 Å². The topological polar surface area (TPSA) is 58.9 Å². The maximum absolute atomic E-state index is 11.9. The number of allylic oxidation sites excluding steroid dienone is 1. The molecule has 8 atom stereocenters. The molecule has 0 bridgehead atoms. The molecule has 0 aromatic rings. The first kappa shape index (κ1) is 19.6. The molecule has 0 spiro atoms. The molecule has 5 rings (SSSR count). The summed E-state index contributed by atoms with van der Waals surface area (Å²) in [7, 11) is 2.10. The molecule has 1 aliphatic heterocycles. The smallest absolute Gasteiger partial charge is 0.169 e. The van der Waals surface area contributed by atoms with Crippen molar-refractivity contribution < 1.29 is 19.7 Å². The Balaban J connectivity index is 1.54. The summed E-state index contributed by atoms with van der Waals surface area (Å²) in [4.78, 5) is 0. The van der Waals surface area contributed by atoms with Crippen molar-refractivity contribution >= 4 is 7.85 Å². The quantitative estimate of drug-likeness (QED) is 0.536. The van der Waals surface area contributed by atoms with E-state index in [0.29, 0.717) is 31.0 Å². The Bertz CT molecular complexity index is 684. The van der Waals surface area contributed by atoms with Crippen molar-refractivity contribution in [1.82, 2.24) is 0 Å². The third kappa shape index (κ3) is 2.52. The highest BCUT2D eigenvalue weighted by Gasteiger charge is 2.67. The van der Waals surface area contributed by atoms with Gasteiger partial charge in [0.25, 0.3) is 0 Å². The predicted octanol–water partition coefficient (Wildman–Crippen LogP) is 2.62. The van der Waals surface area contributed by atoms with Gasteiger partial charge in [0.1, 0.15) is 7.85 Å². The molecule has 1 saturated heterocycles. The SMILES string of the molecule is B[C@]1(O)CC2(C)C(CCC2C2(C)OCCO2)C2CC=C3CC(O)CCC3(C)C21. The van der Waals surface area contributed by atoms with Crippen LogP contribution in [0.2, 0.25) is 0 Å². The van der Waals surface area contributed by atoms with Crippen molar-refractivity contribution in [2.75, 3.05) is 13.2 Å². The first-order chi connectivity index (χ1) is 13.1. The van der Waals surface area contributed by atoms with Crippen molar-refractivity contribution in [3.05, 3.63) is 11.6 Å². The highest BCUT2D eigenvalue weighted by Crippen LogP contribution is 2.69. The van der Waals surface area contributed by atoms with E-state index in [1.807, 2.05) is 0 Å². The zero-order valence-corrected chi connectivity index (χ0v) is 18.0. The molecule has 4 nitrogen and oxygen atoms in total. The van der Waals surface area contributed by atoms with E-state index in [1.54, 1.807) is 0 Å². The van der Waals surface area contributed by atoms with Gasteiger partial charge in [-0.3, -0.25) is 0 Å². The maximum Gasteiger partial charge on any atom is 0.169 e. The van der Waals surface area contributed by atoms with Crippen molar-refractivity contribution in [2.45, 2.75) is 83.1 Å². The van der Waals surface area contributed by atoms with Gasteiger partial charge in [-0.05, 0) is 80.5 Å². The minimum atomic E-state index is -0.704. The summed E-state index contributed by atoms with van der Waals surface area (Å²) in [6, 6.07) is 0. The monoisotopic (exact) mass is 388 g/mol. The number of aliphatic hydroxyl groups is 2. The highest BCUT2D eigenvalue weighted by atomic mass is 16.7. The third-order valence-corrected chi connectivity index (χ3v) is 9.77. The largest absolute Gasteiger partial charge is 0.399 e. The lowest BCUT2D eigenvalue weighted by atomic mass is 9.39. The van der Waals surface area contributed by atoms with E-state index in [0.717, 1.165) is 38.5 Å². The van der Waals surface area contributed by atoms with Crippen LogP contribution in [-0.4, -0.2) is 48.7 Å². The van der Waals surface area contributed by atoms with Crippen LogP contribution in [0, 0.1) is 34.5 Å². The molecule has 0 radical (unpaired) electrons. The molecule has 4 aliphatic carbocycles. The molecular weight excluding hydrogens is 351 g/mol. The molecule has 0 aromatic carbocycles. The average molecular weight is 388 g/mol. The lowest BCUT2D eigenvalue weighted by molar-refractivity contribution is -0.228. The zero-order valence-electron chi connectivity index (χ0n) is 18.0. The molecule has 28 heavy (non-hydrogen) atoms. The van der Waals surface area contributed by atoms with Gasteiger partial charge in [-0.1, -0.05) is 25.5 Å². The first-order valence-corrected chi connectivity index (χ1v) is 11.5. The Kier molecular flexibility index (Phi) is 4.26. The first-order valence-electron chi connectivity index (χ1n) is 11.5. The Morgan fingerprint density at radius 2 is 1.82 bits per heavy atom. The summed E-state index contributed by atoms with van der Waals surface area (Å²) >= 11 is 0. The van der Waals surface area contributed by atoms with E-state index >= 15 is 0 Å². The molecular formula is C23H37BO4. The van der Waals surface area contributed by atoms with Crippen LogP contribution in [0.1, 0.15) is 65.7 Å². The van der Waals surface area contributed by atoms with E-state index in [-0.39, 0.29) is 22.9 Å². The van der Waals surface area contributed by atoms with Crippen molar-refractivity contribution in [2.24, 2.45) is 34.5 Å². The molecule has 3 saturated carbocycles. The van der Waals surface area contributed by atoms with E-state index in [4.69, 9.17) is 9.47 Å². The van der Waals surface area contributed by atoms with Gasteiger partial charge >= 0.3 is 0 Å². The van der Waals surface area contributed by atoms with Crippen LogP contribution in [0.15, 0.2) is 11.6 Å². The average Bonchev–Trinajstić information content (AvgIpc) is 3.18.